The van der Waals surface area contributed by atoms with Crippen LogP contribution in [0, 0.1) is 6.92 Å². The molecule has 1 heterocycles. The lowest BCUT2D eigenvalue weighted by molar-refractivity contribution is -0.112. The standard InChI is InChI=1S/C24H23N3O3S/c1-18-12-14-20(15-13-18)31(29,30)26(2)25-23-21-10-6-7-11-22(21)27(24(23)28)17-16-19-8-4-3-5-9-19/h3-15H,16-17H2,1-2H3. The van der Waals surface area contributed by atoms with E-state index in [1.54, 1.807) is 23.1 Å². The second kappa shape index (κ2) is 8.35. The molecule has 0 unspecified atom stereocenters. The molecule has 7 heteroatoms. The topological polar surface area (TPSA) is 70.0 Å². The Kier molecular flexibility index (Phi) is 5.61. The van der Waals surface area contributed by atoms with Gasteiger partial charge in [0.05, 0.1) is 10.6 Å². The summed E-state index contributed by atoms with van der Waals surface area (Å²) in [5.74, 6) is -0.303. The predicted octanol–water partition coefficient (Wildman–Crippen LogP) is 3.61. The van der Waals surface area contributed by atoms with Gasteiger partial charge in [-0.05, 0) is 37.1 Å². The Morgan fingerprint density at radius 3 is 2.26 bits per heavy atom. The van der Waals surface area contributed by atoms with Crippen molar-refractivity contribution in [1.29, 1.82) is 0 Å². The second-order valence-electron chi connectivity index (χ2n) is 7.41. The smallest absolute Gasteiger partial charge is 0.279 e. The van der Waals surface area contributed by atoms with Crippen LogP contribution >= 0.6 is 0 Å². The van der Waals surface area contributed by atoms with E-state index in [4.69, 9.17) is 0 Å². The largest absolute Gasteiger partial charge is 0.306 e. The van der Waals surface area contributed by atoms with Gasteiger partial charge in [-0.15, -0.1) is 0 Å². The summed E-state index contributed by atoms with van der Waals surface area (Å²) in [4.78, 5) is 15.0. The van der Waals surface area contributed by atoms with Crippen molar-refractivity contribution in [2.45, 2.75) is 18.2 Å². The van der Waals surface area contributed by atoms with Crippen LogP contribution in [-0.2, 0) is 21.2 Å². The maximum absolute atomic E-state index is 13.2. The molecule has 0 fully saturated rings. The van der Waals surface area contributed by atoms with E-state index in [2.05, 4.69) is 5.10 Å². The Bertz CT molecular complexity index is 1240. The van der Waals surface area contributed by atoms with E-state index in [0.29, 0.717) is 18.5 Å². The monoisotopic (exact) mass is 433 g/mol. The zero-order chi connectivity index (χ0) is 22.0. The Morgan fingerprint density at radius 2 is 1.55 bits per heavy atom. The molecule has 1 aliphatic rings. The number of aryl methyl sites for hydroxylation is 1. The Morgan fingerprint density at radius 1 is 0.903 bits per heavy atom. The lowest BCUT2D eigenvalue weighted by atomic mass is 10.1. The third-order valence-corrected chi connectivity index (χ3v) is 6.92. The number of hydrogen-bond acceptors (Lipinski definition) is 4. The number of para-hydroxylation sites is 1. The van der Waals surface area contributed by atoms with Gasteiger partial charge in [0, 0.05) is 19.2 Å². The number of carbonyl (C=O) groups excluding carboxylic acids is 1. The van der Waals surface area contributed by atoms with Crippen LogP contribution in [-0.4, -0.2) is 38.0 Å². The molecule has 158 valence electrons. The number of amides is 1. The highest BCUT2D eigenvalue weighted by atomic mass is 32.2. The molecule has 0 saturated heterocycles. The van der Waals surface area contributed by atoms with E-state index in [0.717, 1.165) is 21.2 Å². The highest BCUT2D eigenvalue weighted by molar-refractivity contribution is 7.89. The maximum atomic E-state index is 13.2. The first-order valence-corrected chi connectivity index (χ1v) is 11.4. The van der Waals surface area contributed by atoms with Crippen molar-refractivity contribution < 1.29 is 13.2 Å². The summed E-state index contributed by atoms with van der Waals surface area (Å²) in [5.41, 5.74) is 3.58. The average Bonchev–Trinajstić information content (AvgIpc) is 3.04. The summed E-state index contributed by atoms with van der Waals surface area (Å²) in [5, 5.41) is 4.24. The Balaban J connectivity index is 1.64. The van der Waals surface area contributed by atoms with Gasteiger partial charge in [0.15, 0.2) is 5.71 Å². The molecule has 0 N–H and O–H groups in total. The van der Waals surface area contributed by atoms with Crippen molar-refractivity contribution in [1.82, 2.24) is 4.41 Å². The molecule has 31 heavy (non-hydrogen) atoms. The van der Waals surface area contributed by atoms with Gasteiger partial charge in [-0.1, -0.05) is 66.2 Å². The molecule has 0 spiro atoms. The molecule has 0 aromatic heterocycles. The molecule has 4 rings (SSSR count). The number of hydrogen-bond donors (Lipinski definition) is 0. The highest BCUT2D eigenvalue weighted by Gasteiger charge is 2.35. The first kappa shape index (κ1) is 20.8. The maximum Gasteiger partial charge on any atom is 0.279 e. The number of benzene rings is 3. The summed E-state index contributed by atoms with van der Waals surface area (Å²) in [6, 6.07) is 23.8. The molecule has 6 nitrogen and oxygen atoms in total. The summed E-state index contributed by atoms with van der Waals surface area (Å²) in [6.07, 6.45) is 0.686. The van der Waals surface area contributed by atoms with Crippen molar-refractivity contribution in [3.05, 3.63) is 95.6 Å². The van der Waals surface area contributed by atoms with Gasteiger partial charge >= 0.3 is 0 Å². The number of sulfonamides is 1. The molecular formula is C24H23N3O3S. The minimum Gasteiger partial charge on any atom is -0.306 e. The molecule has 1 aliphatic heterocycles. The van der Waals surface area contributed by atoms with Gasteiger partial charge in [0.2, 0.25) is 0 Å². The number of rotatable bonds is 6. The molecule has 0 radical (unpaired) electrons. The Hall–Kier alpha value is -3.45. The van der Waals surface area contributed by atoms with Crippen LogP contribution in [0.3, 0.4) is 0 Å². The fraction of sp³-hybridized carbons (Fsp3) is 0.167. The van der Waals surface area contributed by atoms with Gasteiger partial charge in [-0.2, -0.15) is 17.9 Å². The summed E-state index contributed by atoms with van der Waals surface area (Å²) in [6.45, 7) is 2.37. The van der Waals surface area contributed by atoms with Crippen molar-refractivity contribution in [2.75, 3.05) is 18.5 Å². The van der Waals surface area contributed by atoms with Gasteiger partial charge in [0.1, 0.15) is 0 Å². The normalized spacial score (nSPS) is 14.7. The van der Waals surface area contributed by atoms with E-state index < -0.39 is 10.0 Å². The average molecular weight is 434 g/mol. The van der Waals surface area contributed by atoms with Crippen LogP contribution in [0.1, 0.15) is 16.7 Å². The first-order valence-electron chi connectivity index (χ1n) is 9.97. The fourth-order valence-electron chi connectivity index (χ4n) is 3.52. The van der Waals surface area contributed by atoms with Crippen LogP contribution in [0.25, 0.3) is 0 Å². The summed E-state index contributed by atoms with van der Waals surface area (Å²) in [7, 11) is -2.51. The van der Waals surface area contributed by atoms with Gasteiger partial charge in [-0.25, -0.2) is 0 Å². The first-order chi connectivity index (χ1) is 14.9. The van der Waals surface area contributed by atoms with Crippen LogP contribution in [0.5, 0.6) is 0 Å². The van der Waals surface area contributed by atoms with Crippen LogP contribution in [0.2, 0.25) is 0 Å². The molecule has 0 saturated carbocycles. The Labute approximate surface area is 182 Å². The van der Waals surface area contributed by atoms with Crippen molar-refractivity contribution in [2.24, 2.45) is 5.10 Å². The number of hydrazone groups is 1. The number of anilines is 1. The van der Waals surface area contributed by atoms with Crippen molar-refractivity contribution >= 4 is 27.3 Å². The van der Waals surface area contributed by atoms with E-state index in [1.165, 1.54) is 19.2 Å². The van der Waals surface area contributed by atoms with E-state index in [-0.39, 0.29) is 16.5 Å². The molecule has 3 aromatic rings. The second-order valence-corrected chi connectivity index (χ2v) is 9.36. The van der Waals surface area contributed by atoms with Crippen molar-refractivity contribution in [3.63, 3.8) is 0 Å². The fourth-order valence-corrected chi connectivity index (χ4v) is 4.50. The number of fused-ring (bicyclic) bond motifs is 1. The third-order valence-electron chi connectivity index (χ3n) is 5.27. The van der Waals surface area contributed by atoms with Gasteiger partial charge in [-0.3, -0.25) is 4.79 Å². The van der Waals surface area contributed by atoms with Crippen LogP contribution in [0.4, 0.5) is 5.69 Å². The van der Waals surface area contributed by atoms with E-state index in [9.17, 15) is 13.2 Å². The van der Waals surface area contributed by atoms with Crippen molar-refractivity contribution in [3.8, 4) is 0 Å². The zero-order valence-corrected chi connectivity index (χ0v) is 18.2. The summed E-state index contributed by atoms with van der Waals surface area (Å²) < 4.78 is 26.7. The quantitative estimate of drug-likeness (QED) is 0.558. The predicted molar refractivity (Wildman–Crippen MR) is 122 cm³/mol. The van der Waals surface area contributed by atoms with E-state index in [1.807, 2.05) is 55.5 Å². The SMILES string of the molecule is Cc1ccc(S(=O)(=O)N(C)N=C2C(=O)N(CCc3ccccc3)c3ccccc32)cc1. The highest BCUT2D eigenvalue weighted by Crippen LogP contribution is 2.30. The van der Waals surface area contributed by atoms with Gasteiger partial charge in [0.25, 0.3) is 15.9 Å². The summed E-state index contributed by atoms with van der Waals surface area (Å²) >= 11 is 0. The van der Waals surface area contributed by atoms with Gasteiger partial charge < -0.3 is 4.90 Å². The minimum absolute atomic E-state index is 0.127. The molecular weight excluding hydrogens is 410 g/mol. The molecule has 0 bridgehead atoms. The molecule has 3 aromatic carbocycles. The molecule has 1 amide bonds. The third kappa shape index (κ3) is 4.09. The number of carbonyl (C=O) groups is 1. The lowest BCUT2D eigenvalue weighted by Crippen LogP contribution is -2.33. The van der Waals surface area contributed by atoms with Crippen LogP contribution in [0.15, 0.2) is 88.9 Å². The molecule has 0 atom stereocenters. The lowest BCUT2D eigenvalue weighted by Gasteiger charge is -2.17. The molecule has 0 aliphatic carbocycles. The number of nitrogens with zero attached hydrogens (tertiary/aromatic N) is 3. The minimum atomic E-state index is -3.87. The zero-order valence-electron chi connectivity index (χ0n) is 17.4. The van der Waals surface area contributed by atoms with E-state index >= 15 is 0 Å². The van der Waals surface area contributed by atoms with Crippen LogP contribution < -0.4 is 4.90 Å².